The molecule has 3 aliphatic heterocycles. The Morgan fingerprint density at radius 2 is 2.00 bits per heavy atom. The minimum absolute atomic E-state index is 0.203. The third kappa shape index (κ3) is 2.38. The second-order valence-electron chi connectivity index (χ2n) is 4.45. The van der Waals surface area contributed by atoms with Gasteiger partial charge < -0.3 is 16.0 Å². The van der Waals surface area contributed by atoms with Crippen molar-refractivity contribution in [2.45, 2.75) is 16.0 Å². The van der Waals surface area contributed by atoms with Crippen LogP contribution in [0.2, 0.25) is 0 Å². The lowest BCUT2D eigenvalue weighted by Gasteiger charge is -2.47. The average molecular weight is 299 g/mol. The van der Waals surface area contributed by atoms with Gasteiger partial charge >= 0.3 is 0 Å². The molecule has 3 nitrogen and oxygen atoms in total. The summed E-state index contributed by atoms with van der Waals surface area (Å²) in [7, 11) is 0. The lowest BCUT2D eigenvalue weighted by atomic mass is 9.94. The van der Waals surface area contributed by atoms with Gasteiger partial charge in [0.25, 0.3) is 0 Å². The summed E-state index contributed by atoms with van der Waals surface area (Å²) in [5.74, 6) is 1.14. The van der Waals surface area contributed by atoms with Crippen LogP contribution < -0.4 is 16.0 Å². The molecular weight excluding hydrogens is 282 g/mol. The number of hydrogen-bond donors (Lipinski definition) is 3. The number of hydrogen-bond acceptors (Lipinski definition) is 6. The van der Waals surface area contributed by atoms with Crippen molar-refractivity contribution in [2.75, 3.05) is 18.8 Å². The van der Waals surface area contributed by atoms with Gasteiger partial charge in [-0.3, -0.25) is 0 Å². The molecule has 6 heteroatoms. The maximum atomic E-state index is 3.57. The molecule has 0 aromatic heterocycles. The summed E-state index contributed by atoms with van der Waals surface area (Å²) in [5.41, 5.74) is 0. The van der Waals surface area contributed by atoms with E-state index in [2.05, 4.69) is 50.8 Å². The fraction of sp³-hybridized carbons (Fsp3) is 0.500. The molecule has 3 unspecified atom stereocenters. The summed E-state index contributed by atoms with van der Waals surface area (Å²) in [4.78, 5) is 0. The van der Waals surface area contributed by atoms with Crippen LogP contribution in [0.15, 0.2) is 34.8 Å². The molecule has 0 saturated carbocycles. The number of rotatable bonds is 2. The summed E-state index contributed by atoms with van der Waals surface area (Å²) in [6.45, 7) is 2.06. The van der Waals surface area contributed by atoms with Gasteiger partial charge in [-0.15, -0.1) is 35.3 Å². The molecular formula is C12H17N3S3. The maximum Gasteiger partial charge on any atom is 0.0720 e. The zero-order valence-corrected chi connectivity index (χ0v) is 12.4. The van der Waals surface area contributed by atoms with Crippen molar-refractivity contribution in [2.24, 2.45) is 0 Å². The van der Waals surface area contributed by atoms with Gasteiger partial charge in [0.2, 0.25) is 0 Å². The van der Waals surface area contributed by atoms with Crippen LogP contribution in [-0.2, 0) is 0 Å². The van der Waals surface area contributed by atoms with Crippen LogP contribution in [-0.4, -0.2) is 34.9 Å². The highest BCUT2D eigenvalue weighted by Gasteiger charge is 2.47. The van der Waals surface area contributed by atoms with E-state index in [1.165, 1.54) is 0 Å². The second-order valence-corrected chi connectivity index (χ2v) is 7.77. The Kier molecular flexibility index (Phi) is 4.06. The van der Waals surface area contributed by atoms with E-state index in [4.69, 9.17) is 0 Å². The van der Waals surface area contributed by atoms with Gasteiger partial charge in [0.05, 0.1) is 10.8 Å². The first-order valence-corrected chi connectivity index (χ1v) is 8.92. The quantitative estimate of drug-likeness (QED) is 0.723. The average Bonchev–Trinajstić information content (AvgIpc) is 2.50. The van der Waals surface area contributed by atoms with Gasteiger partial charge in [0.15, 0.2) is 0 Å². The van der Waals surface area contributed by atoms with Crippen molar-refractivity contribution >= 4 is 35.3 Å². The van der Waals surface area contributed by atoms with E-state index in [1.807, 2.05) is 35.3 Å². The van der Waals surface area contributed by atoms with Crippen molar-refractivity contribution in [3.05, 3.63) is 34.8 Å². The van der Waals surface area contributed by atoms with Gasteiger partial charge in [0, 0.05) is 42.7 Å². The van der Waals surface area contributed by atoms with Gasteiger partial charge in [-0.2, -0.15) is 0 Å². The Bertz CT molecular complexity index is 357. The molecule has 0 aromatic rings. The molecule has 3 heterocycles. The summed E-state index contributed by atoms with van der Waals surface area (Å²) < 4.78 is 0.203. The number of nitrogens with one attached hydrogen (secondary N) is 3. The zero-order valence-electron chi connectivity index (χ0n) is 9.96. The predicted octanol–water partition coefficient (Wildman–Crippen LogP) is 1.89. The van der Waals surface area contributed by atoms with E-state index in [-0.39, 0.29) is 4.75 Å². The van der Waals surface area contributed by atoms with E-state index in [0.29, 0.717) is 11.3 Å². The second kappa shape index (κ2) is 5.75. The Morgan fingerprint density at radius 1 is 1.06 bits per heavy atom. The topological polar surface area (TPSA) is 36.1 Å². The fourth-order valence-corrected chi connectivity index (χ4v) is 5.95. The molecule has 0 radical (unpaired) electrons. The van der Waals surface area contributed by atoms with E-state index in [1.54, 1.807) is 0 Å². The van der Waals surface area contributed by atoms with E-state index >= 15 is 0 Å². The molecule has 0 aliphatic carbocycles. The van der Waals surface area contributed by atoms with Crippen molar-refractivity contribution in [3.63, 3.8) is 0 Å². The summed E-state index contributed by atoms with van der Waals surface area (Å²) in [6.07, 6.45) is 6.20. The first-order valence-electron chi connectivity index (χ1n) is 6.04. The van der Waals surface area contributed by atoms with Gasteiger partial charge in [-0.25, -0.2) is 0 Å². The van der Waals surface area contributed by atoms with Crippen LogP contribution in [0.1, 0.15) is 0 Å². The highest BCUT2D eigenvalue weighted by Crippen LogP contribution is 2.43. The smallest absolute Gasteiger partial charge is 0.0720 e. The maximum absolute atomic E-state index is 3.57. The van der Waals surface area contributed by atoms with Crippen molar-refractivity contribution in [1.82, 2.24) is 16.0 Å². The van der Waals surface area contributed by atoms with Crippen LogP contribution in [0.3, 0.4) is 0 Å². The first kappa shape index (κ1) is 12.7. The molecule has 3 N–H and O–H groups in total. The Morgan fingerprint density at radius 3 is 2.67 bits per heavy atom. The minimum atomic E-state index is 0.203. The Labute approximate surface area is 121 Å². The lowest BCUT2D eigenvalue weighted by molar-refractivity contribution is 0.424. The zero-order chi connectivity index (χ0) is 12.3. The summed E-state index contributed by atoms with van der Waals surface area (Å²) in [5, 5.41) is 17.5. The normalized spacial score (nSPS) is 38.7. The van der Waals surface area contributed by atoms with E-state index < -0.39 is 0 Å². The summed E-state index contributed by atoms with van der Waals surface area (Å²) >= 11 is 5.83. The molecule has 0 saturated heterocycles. The van der Waals surface area contributed by atoms with Crippen molar-refractivity contribution in [1.29, 1.82) is 0 Å². The first-order chi connectivity index (χ1) is 8.92. The molecule has 3 aliphatic rings. The minimum Gasteiger partial charge on any atom is -0.389 e. The Balaban J connectivity index is 1.85. The fourth-order valence-electron chi connectivity index (χ4n) is 2.47. The monoisotopic (exact) mass is 299 g/mol. The molecule has 18 heavy (non-hydrogen) atoms. The predicted molar refractivity (Wildman–Crippen MR) is 84.5 cm³/mol. The van der Waals surface area contributed by atoms with Crippen LogP contribution in [0, 0.1) is 0 Å². The third-order valence-corrected chi connectivity index (χ3v) is 7.08. The molecule has 3 atom stereocenters. The molecule has 3 rings (SSSR count). The van der Waals surface area contributed by atoms with Crippen molar-refractivity contribution < 1.29 is 0 Å². The van der Waals surface area contributed by atoms with Gasteiger partial charge in [-0.1, -0.05) is 0 Å². The highest BCUT2D eigenvalue weighted by molar-refractivity contribution is 8.07. The van der Waals surface area contributed by atoms with Crippen LogP contribution >= 0.6 is 35.3 Å². The molecule has 0 spiro atoms. The third-order valence-electron chi connectivity index (χ3n) is 3.44. The lowest BCUT2D eigenvalue weighted by Crippen LogP contribution is -2.62. The Hall–Kier alpha value is -0.330. The van der Waals surface area contributed by atoms with Crippen LogP contribution in [0.25, 0.3) is 0 Å². The standard InChI is InChI=1S/C12H17N3S3/c1-5-17-11(7-13-1)12(9-14-2-6-18-12)10-8-16-4-3-15-10/h1-6,10-11,13-15H,7-9H2. The molecule has 0 bridgehead atoms. The van der Waals surface area contributed by atoms with Crippen molar-refractivity contribution in [3.8, 4) is 0 Å². The number of thioether (sulfide) groups is 3. The van der Waals surface area contributed by atoms with E-state index in [9.17, 15) is 0 Å². The summed E-state index contributed by atoms with van der Waals surface area (Å²) in [6, 6.07) is 0.501. The molecule has 0 aromatic carbocycles. The largest absolute Gasteiger partial charge is 0.389 e. The van der Waals surface area contributed by atoms with E-state index in [0.717, 1.165) is 18.8 Å². The van der Waals surface area contributed by atoms with Gasteiger partial charge in [0.1, 0.15) is 0 Å². The molecule has 0 amide bonds. The van der Waals surface area contributed by atoms with Crippen LogP contribution in [0.4, 0.5) is 0 Å². The highest BCUT2D eigenvalue weighted by atomic mass is 32.2. The SMILES string of the molecule is C1=CSC(C2(C3CSC=CN3)CNC=CS2)CN1. The van der Waals surface area contributed by atoms with Crippen LogP contribution in [0.5, 0.6) is 0 Å². The molecule has 98 valence electrons. The molecule has 0 fully saturated rings. The van der Waals surface area contributed by atoms with Gasteiger partial charge in [-0.05, 0) is 16.2 Å².